The number of ether oxygens (including phenoxy) is 1. The molecule has 4 aromatic rings. The fourth-order valence-corrected chi connectivity index (χ4v) is 4.66. The first kappa shape index (κ1) is 24.2. The van der Waals surface area contributed by atoms with Gasteiger partial charge in [0.25, 0.3) is 0 Å². The topological polar surface area (TPSA) is 55.4 Å². The van der Waals surface area contributed by atoms with Crippen LogP contribution in [0.3, 0.4) is 0 Å². The molecule has 35 heavy (non-hydrogen) atoms. The maximum absolute atomic E-state index is 14.4. The summed E-state index contributed by atoms with van der Waals surface area (Å²) in [6, 6.07) is 35.1. The third kappa shape index (κ3) is 4.98. The minimum Gasteiger partial charge on any atom is -0.467 e. The van der Waals surface area contributed by atoms with Crippen LogP contribution in [0.2, 0.25) is 5.02 Å². The lowest BCUT2D eigenvalue weighted by Crippen LogP contribution is -2.52. The van der Waals surface area contributed by atoms with Crippen molar-refractivity contribution in [2.45, 2.75) is 17.9 Å². The van der Waals surface area contributed by atoms with Crippen LogP contribution in [-0.2, 0) is 26.2 Å². The minimum atomic E-state index is -1.20. The number of halogens is 1. The standard InChI is InChI=1S/C30H26ClNO3/c1-35-28(33)27(21-22-13-11-12-20-26(22)31)32-29(34)30(23-14-5-2-6-15-23,24-16-7-3-8-17-24)25-18-9-4-10-19-25/h2-20,27H,21H2,1H3,(H,32,34)/t27-/m0/s1. The van der Waals surface area contributed by atoms with Crippen LogP contribution in [0.4, 0.5) is 0 Å². The van der Waals surface area contributed by atoms with Crippen LogP contribution >= 0.6 is 11.6 Å². The van der Waals surface area contributed by atoms with E-state index in [4.69, 9.17) is 16.3 Å². The Kier molecular flexibility index (Phi) is 7.64. The predicted octanol–water partition coefficient (Wildman–Crippen LogP) is 5.57. The molecule has 1 N–H and O–H groups in total. The van der Waals surface area contributed by atoms with Crippen LogP contribution < -0.4 is 5.32 Å². The summed E-state index contributed by atoms with van der Waals surface area (Å²) >= 11 is 6.37. The number of benzene rings is 4. The smallest absolute Gasteiger partial charge is 0.328 e. The molecule has 4 rings (SSSR count). The van der Waals surface area contributed by atoms with Crippen molar-refractivity contribution in [2.75, 3.05) is 7.11 Å². The maximum atomic E-state index is 14.4. The fraction of sp³-hybridized carbons (Fsp3) is 0.133. The van der Waals surface area contributed by atoms with Crippen LogP contribution in [0.15, 0.2) is 115 Å². The van der Waals surface area contributed by atoms with E-state index in [1.165, 1.54) is 7.11 Å². The number of amides is 1. The molecular formula is C30H26ClNO3. The summed E-state index contributed by atoms with van der Waals surface area (Å²) in [5, 5.41) is 3.53. The van der Waals surface area contributed by atoms with E-state index in [9.17, 15) is 9.59 Å². The molecule has 0 saturated heterocycles. The third-order valence-electron chi connectivity index (χ3n) is 6.13. The fourth-order valence-electron chi connectivity index (χ4n) is 4.44. The number of hydrogen-bond acceptors (Lipinski definition) is 3. The van der Waals surface area contributed by atoms with Crippen molar-refractivity contribution < 1.29 is 14.3 Å². The summed E-state index contributed by atoms with van der Waals surface area (Å²) in [4.78, 5) is 27.2. The van der Waals surface area contributed by atoms with Gasteiger partial charge in [-0.2, -0.15) is 0 Å². The van der Waals surface area contributed by atoms with Gasteiger partial charge >= 0.3 is 5.97 Å². The quantitative estimate of drug-likeness (QED) is 0.263. The Hall–Kier alpha value is -3.89. The molecule has 0 aliphatic heterocycles. The molecule has 0 unspecified atom stereocenters. The van der Waals surface area contributed by atoms with Gasteiger partial charge in [0.1, 0.15) is 11.5 Å². The Morgan fingerprint density at radius 1 is 0.743 bits per heavy atom. The Balaban J connectivity index is 1.86. The van der Waals surface area contributed by atoms with Crippen LogP contribution in [0, 0.1) is 0 Å². The highest BCUT2D eigenvalue weighted by Crippen LogP contribution is 2.39. The molecule has 4 nitrogen and oxygen atoms in total. The molecule has 0 saturated carbocycles. The van der Waals surface area contributed by atoms with Crippen molar-refractivity contribution >= 4 is 23.5 Å². The van der Waals surface area contributed by atoms with E-state index in [1.54, 1.807) is 6.07 Å². The summed E-state index contributed by atoms with van der Waals surface area (Å²) in [6.07, 6.45) is 0.201. The Morgan fingerprint density at radius 3 is 1.60 bits per heavy atom. The van der Waals surface area contributed by atoms with Gasteiger partial charge < -0.3 is 10.1 Å². The van der Waals surface area contributed by atoms with Crippen LogP contribution in [0.25, 0.3) is 0 Å². The largest absolute Gasteiger partial charge is 0.467 e. The van der Waals surface area contributed by atoms with E-state index in [1.807, 2.05) is 109 Å². The van der Waals surface area contributed by atoms with Gasteiger partial charge in [0.2, 0.25) is 5.91 Å². The lowest BCUT2D eigenvalue weighted by Gasteiger charge is -2.35. The lowest BCUT2D eigenvalue weighted by atomic mass is 9.68. The van der Waals surface area contributed by atoms with Gasteiger partial charge in [0.05, 0.1) is 7.11 Å². The summed E-state index contributed by atoms with van der Waals surface area (Å²) in [5.41, 5.74) is 1.91. The molecule has 0 aliphatic carbocycles. The average Bonchev–Trinajstić information content (AvgIpc) is 2.91. The normalized spacial score (nSPS) is 11.9. The number of hydrogen-bond donors (Lipinski definition) is 1. The van der Waals surface area contributed by atoms with Gasteiger partial charge in [-0.05, 0) is 28.3 Å². The molecule has 1 amide bonds. The number of nitrogens with one attached hydrogen (secondary N) is 1. The van der Waals surface area contributed by atoms with E-state index >= 15 is 0 Å². The minimum absolute atomic E-state index is 0.201. The molecule has 0 fully saturated rings. The second-order valence-corrected chi connectivity index (χ2v) is 8.60. The molecule has 0 bridgehead atoms. The summed E-state index contributed by atoms with van der Waals surface area (Å²) in [6.45, 7) is 0. The second kappa shape index (κ2) is 11.0. The van der Waals surface area contributed by atoms with Crippen LogP contribution in [0.5, 0.6) is 0 Å². The number of rotatable bonds is 8. The zero-order valence-corrected chi connectivity index (χ0v) is 20.1. The zero-order chi connectivity index (χ0) is 24.7. The van der Waals surface area contributed by atoms with E-state index in [-0.39, 0.29) is 12.3 Å². The monoisotopic (exact) mass is 483 g/mol. The summed E-state index contributed by atoms with van der Waals surface area (Å²) in [7, 11) is 1.31. The number of esters is 1. The van der Waals surface area contributed by atoms with Gasteiger partial charge in [-0.15, -0.1) is 0 Å². The molecular weight excluding hydrogens is 458 g/mol. The molecule has 4 aromatic carbocycles. The molecule has 0 radical (unpaired) electrons. The van der Waals surface area contributed by atoms with Crippen molar-refractivity contribution in [3.05, 3.63) is 143 Å². The zero-order valence-electron chi connectivity index (χ0n) is 19.4. The Morgan fingerprint density at radius 2 is 1.17 bits per heavy atom. The third-order valence-corrected chi connectivity index (χ3v) is 6.50. The van der Waals surface area contributed by atoms with Crippen molar-refractivity contribution in [3.63, 3.8) is 0 Å². The molecule has 1 atom stereocenters. The van der Waals surface area contributed by atoms with E-state index in [2.05, 4.69) is 5.32 Å². The SMILES string of the molecule is COC(=O)[C@H](Cc1ccccc1Cl)NC(=O)C(c1ccccc1)(c1ccccc1)c1ccccc1. The molecule has 176 valence electrons. The second-order valence-electron chi connectivity index (χ2n) is 8.19. The number of carbonyl (C=O) groups is 2. The molecule has 0 spiro atoms. The highest BCUT2D eigenvalue weighted by atomic mass is 35.5. The van der Waals surface area contributed by atoms with Crippen molar-refractivity contribution in [3.8, 4) is 0 Å². The van der Waals surface area contributed by atoms with Gasteiger partial charge in [-0.1, -0.05) is 121 Å². The Bertz CT molecular complexity index is 1180. The predicted molar refractivity (Wildman–Crippen MR) is 138 cm³/mol. The first-order valence-corrected chi connectivity index (χ1v) is 11.7. The number of carbonyl (C=O) groups excluding carboxylic acids is 2. The maximum Gasteiger partial charge on any atom is 0.328 e. The van der Waals surface area contributed by atoms with Gasteiger partial charge in [-0.25, -0.2) is 4.79 Å². The summed E-state index contributed by atoms with van der Waals surface area (Å²) in [5.74, 6) is -0.870. The molecule has 5 heteroatoms. The van der Waals surface area contributed by atoms with Gasteiger partial charge in [0.15, 0.2) is 0 Å². The van der Waals surface area contributed by atoms with E-state index < -0.39 is 17.4 Å². The first-order valence-electron chi connectivity index (χ1n) is 11.4. The van der Waals surface area contributed by atoms with Crippen molar-refractivity contribution in [2.24, 2.45) is 0 Å². The van der Waals surface area contributed by atoms with Crippen LogP contribution in [0.1, 0.15) is 22.3 Å². The molecule has 0 heterocycles. The number of methoxy groups -OCH3 is 1. The van der Waals surface area contributed by atoms with E-state index in [0.717, 1.165) is 22.3 Å². The van der Waals surface area contributed by atoms with Crippen molar-refractivity contribution in [1.29, 1.82) is 0 Å². The van der Waals surface area contributed by atoms with Crippen molar-refractivity contribution in [1.82, 2.24) is 5.32 Å². The first-order chi connectivity index (χ1) is 17.1. The van der Waals surface area contributed by atoms with Gasteiger partial charge in [0, 0.05) is 11.4 Å². The summed E-state index contributed by atoms with van der Waals surface area (Å²) < 4.78 is 5.06. The van der Waals surface area contributed by atoms with E-state index in [0.29, 0.717) is 5.02 Å². The molecule has 0 aromatic heterocycles. The Labute approximate surface area is 210 Å². The van der Waals surface area contributed by atoms with Crippen LogP contribution in [-0.4, -0.2) is 25.0 Å². The van der Waals surface area contributed by atoms with Gasteiger partial charge in [-0.3, -0.25) is 4.79 Å². The highest BCUT2D eigenvalue weighted by Gasteiger charge is 2.45. The molecule has 0 aliphatic rings. The average molecular weight is 484 g/mol. The highest BCUT2D eigenvalue weighted by molar-refractivity contribution is 6.31. The lowest BCUT2D eigenvalue weighted by molar-refractivity contribution is -0.145.